The fraction of sp³-hybridized carbons (Fsp3) is 0.741. The van der Waals surface area contributed by atoms with Gasteiger partial charge in [0, 0.05) is 6.42 Å². The number of hydrogen-bond acceptors (Lipinski definition) is 1. The molecule has 0 saturated carbocycles. The third kappa shape index (κ3) is 26.7. The second kappa shape index (κ2) is 24.7. The second-order valence-corrected chi connectivity index (χ2v) is 8.20. The zero-order valence-corrected chi connectivity index (χ0v) is 19.3. The largest absolute Gasteiger partial charge is 0.481 e. The van der Waals surface area contributed by atoms with Crippen LogP contribution in [0.25, 0.3) is 0 Å². The summed E-state index contributed by atoms with van der Waals surface area (Å²) in [6.07, 6.45) is 36.6. The molecule has 0 unspecified atom stereocenters. The predicted molar refractivity (Wildman–Crippen MR) is 128 cm³/mol. The second-order valence-electron chi connectivity index (χ2n) is 8.20. The summed E-state index contributed by atoms with van der Waals surface area (Å²) >= 11 is 0. The Morgan fingerprint density at radius 2 is 0.931 bits per heavy atom. The smallest absolute Gasteiger partial charge is 0.303 e. The number of carboxylic acid groups (broad SMARTS) is 1. The summed E-state index contributed by atoms with van der Waals surface area (Å²) < 4.78 is 0. The van der Waals surface area contributed by atoms with Crippen LogP contribution in [-0.2, 0) is 4.79 Å². The van der Waals surface area contributed by atoms with Crippen molar-refractivity contribution in [2.24, 2.45) is 0 Å². The number of hydrogen-bond donors (Lipinski definition) is 1. The molecule has 0 radical (unpaired) electrons. The van der Waals surface area contributed by atoms with E-state index >= 15 is 0 Å². The van der Waals surface area contributed by atoms with E-state index in [0.717, 1.165) is 25.7 Å². The van der Waals surface area contributed by atoms with Crippen LogP contribution in [0.4, 0.5) is 0 Å². The summed E-state index contributed by atoms with van der Waals surface area (Å²) in [6.45, 7) is 2.27. The van der Waals surface area contributed by atoms with Crippen LogP contribution in [0.5, 0.6) is 0 Å². The number of carbonyl (C=O) groups is 1. The van der Waals surface area contributed by atoms with Gasteiger partial charge in [0.2, 0.25) is 0 Å². The molecule has 0 aromatic heterocycles. The van der Waals surface area contributed by atoms with E-state index < -0.39 is 5.97 Å². The molecule has 29 heavy (non-hydrogen) atoms. The van der Waals surface area contributed by atoms with Gasteiger partial charge in [0.1, 0.15) is 0 Å². The third-order valence-corrected chi connectivity index (χ3v) is 5.28. The molecule has 0 aliphatic rings. The van der Waals surface area contributed by atoms with E-state index in [2.05, 4.69) is 43.4 Å². The molecule has 0 heterocycles. The Morgan fingerprint density at radius 1 is 0.552 bits per heavy atom. The Hall–Kier alpha value is -1.31. The maximum absolute atomic E-state index is 10.4. The van der Waals surface area contributed by atoms with E-state index in [0.29, 0.717) is 6.42 Å². The standard InChI is InChI=1S/C27H48O2/c1-2-3-4-5-6-7-8-9-10-11-12-13-14-15-16-17-18-19-20-21-22-23-24-25-26-27(28)29/h10-11,13-14,16-17H,2-9,12,15,18-26H2,1H3,(H,28,29). The fourth-order valence-electron chi connectivity index (χ4n) is 3.42. The van der Waals surface area contributed by atoms with Crippen molar-refractivity contribution in [3.05, 3.63) is 36.5 Å². The van der Waals surface area contributed by atoms with Crippen LogP contribution in [0, 0.1) is 0 Å². The molecule has 0 saturated heterocycles. The molecule has 2 heteroatoms. The molecule has 0 amide bonds. The van der Waals surface area contributed by atoms with Gasteiger partial charge in [-0.15, -0.1) is 0 Å². The molecule has 2 nitrogen and oxygen atoms in total. The van der Waals surface area contributed by atoms with Gasteiger partial charge in [-0.05, 0) is 44.9 Å². The fourth-order valence-corrected chi connectivity index (χ4v) is 3.42. The molecular formula is C27H48O2. The topological polar surface area (TPSA) is 37.3 Å². The van der Waals surface area contributed by atoms with Crippen molar-refractivity contribution < 1.29 is 9.90 Å². The van der Waals surface area contributed by atoms with Crippen molar-refractivity contribution in [1.82, 2.24) is 0 Å². The summed E-state index contributed by atoms with van der Waals surface area (Å²) in [5.41, 5.74) is 0. The Bertz CT molecular complexity index is 420. The van der Waals surface area contributed by atoms with E-state index in [9.17, 15) is 4.79 Å². The average Bonchev–Trinajstić information content (AvgIpc) is 2.71. The van der Waals surface area contributed by atoms with E-state index in [1.54, 1.807) is 0 Å². The van der Waals surface area contributed by atoms with Gasteiger partial charge in [0.15, 0.2) is 0 Å². The predicted octanol–water partition coefficient (Wildman–Crippen LogP) is 9.17. The SMILES string of the molecule is CCCCCCCCCC=CCC=CCC=CCCCCCCCCCC(=O)O. The highest BCUT2D eigenvalue weighted by Gasteiger charge is 1.96. The van der Waals surface area contributed by atoms with Gasteiger partial charge in [-0.3, -0.25) is 4.79 Å². The molecule has 0 aromatic carbocycles. The number of carboxylic acids is 1. The molecule has 0 aliphatic heterocycles. The summed E-state index contributed by atoms with van der Waals surface area (Å²) in [5.74, 6) is -0.665. The molecule has 1 N–H and O–H groups in total. The van der Waals surface area contributed by atoms with E-state index in [1.165, 1.54) is 89.9 Å². The Kier molecular flexibility index (Phi) is 23.6. The van der Waals surface area contributed by atoms with Crippen molar-refractivity contribution in [3.63, 3.8) is 0 Å². The van der Waals surface area contributed by atoms with Gasteiger partial charge in [0.25, 0.3) is 0 Å². The summed E-state index contributed by atoms with van der Waals surface area (Å²) in [5, 5.41) is 8.58. The van der Waals surface area contributed by atoms with Gasteiger partial charge >= 0.3 is 5.97 Å². The minimum Gasteiger partial charge on any atom is -0.481 e. The molecule has 0 fully saturated rings. The highest BCUT2D eigenvalue weighted by atomic mass is 16.4. The first-order chi connectivity index (χ1) is 14.3. The van der Waals surface area contributed by atoms with Crippen LogP contribution >= 0.6 is 0 Å². The molecule has 0 spiro atoms. The van der Waals surface area contributed by atoms with Crippen LogP contribution in [0.2, 0.25) is 0 Å². The lowest BCUT2D eigenvalue weighted by molar-refractivity contribution is -0.137. The van der Waals surface area contributed by atoms with Gasteiger partial charge in [-0.1, -0.05) is 114 Å². The lowest BCUT2D eigenvalue weighted by Crippen LogP contribution is -1.93. The number of allylic oxidation sites excluding steroid dienone is 6. The maximum atomic E-state index is 10.4. The van der Waals surface area contributed by atoms with Crippen LogP contribution in [0.3, 0.4) is 0 Å². The van der Waals surface area contributed by atoms with E-state index in [1.807, 2.05) is 0 Å². The van der Waals surface area contributed by atoms with Crippen molar-refractivity contribution in [3.8, 4) is 0 Å². The quantitative estimate of drug-likeness (QED) is 0.144. The Balaban J connectivity index is 3.25. The molecule has 0 rings (SSSR count). The maximum Gasteiger partial charge on any atom is 0.303 e. The number of rotatable bonds is 22. The Morgan fingerprint density at radius 3 is 1.38 bits per heavy atom. The number of aliphatic carboxylic acids is 1. The van der Waals surface area contributed by atoms with Crippen LogP contribution in [0.15, 0.2) is 36.5 Å². The molecule has 0 atom stereocenters. The minimum atomic E-state index is -0.665. The molecule has 0 aromatic rings. The van der Waals surface area contributed by atoms with Crippen LogP contribution < -0.4 is 0 Å². The molecular weight excluding hydrogens is 356 g/mol. The van der Waals surface area contributed by atoms with E-state index in [-0.39, 0.29) is 0 Å². The monoisotopic (exact) mass is 404 g/mol. The lowest BCUT2D eigenvalue weighted by atomic mass is 10.1. The highest BCUT2D eigenvalue weighted by Crippen LogP contribution is 2.10. The van der Waals surface area contributed by atoms with Gasteiger partial charge in [-0.25, -0.2) is 0 Å². The Labute approximate surface area is 181 Å². The highest BCUT2D eigenvalue weighted by molar-refractivity contribution is 5.66. The van der Waals surface area contributed by atoms with E-state index in [4.69, 9.17) is 5.11 Å². The minimum absolute atomic E-state index is 0.328. The van der Waals surface area contributed by atoms with Gasteiger partial charge in [-0.2, -0.15) is 0 Å². The first kappa shape index (κ1) is 27.7. The van der Waals surface area contributed by atoms with Crippen LogP contribution in [0.1, 0.15) is 129 Å². The molecule has 0 bridgehead atoms. The third-order valence-electron chi connectivity index (χ3n) is 5.28. The zero-order chi connectivity index (χ0) is 21.3. The molecule has 168 valence electrons. The normalized spacial score (nSPS) is 12.0. The first-order valence-electron chi connectivity index (χ1n) is 12.4. The van der Waals surface area contributed by atoms with Crippen LogP contribution in [-0.4, -0.2) is 11.1 Å². The van der Waals surface area contributed by atoms with Crippen molar-refractivity contribution in [2.45, 2.75) is 129 Å². The van der Waals surface area contributed by atoms with Crippen molar-refractivity contribution in [2.75, 3.05) is 0 Å². The average molecular weight is 405 g/mol. The van der Waals surface area contributed by atoms with Crippen molar-refractivity contribution >= 4 is 5.97 Å². The molecule has 0 aliphatic carbocycles. The first-order valence-corrected chi connectivity index (χ1v) is 12.4. The van der Waals surface area contributed by atoms with Crippen molar-refractivity contribution in [1.29, 1.82) is 0 Å². The zero-order valence-electron chi connectivity index (χ0n) is 19.3. The van der Waals surface area contributed by atoms with Gasteiger partial charge in [0.05, 0.1) is 0 Å². The summed E-state index contributed by atoms with van der Waals surface area (Å²) in [6, 6.07) is 0. The lowest BCUT2D eigenvalue weighted by Gasteiger charge is -2.00. The van der Waals surface area contributed by atoms with Gasteiger partial charge < -0.3 is 5.11 Å². The number of unbranched alkanes of at least 4 members (excludes halogenated alkanes) is 14. The summed E-state index contributed by atoms with van der Waals surface area (Å²) in [4.78, 5) is 10.4. The summed E-state index contributed by atoms with van der Waals surface area (Å²) in [7, 11) is 0.